The van der Waals surface area contributed by atoms with Gasteiger partial charge in [-0.25, -0.2) is 0 Å². The molecule has 0 amide bonds. The highest BCUT2D eigenvalue weighted by Gasteiger charge is 2.76. The summed E-state index contributed by atoms with van der Waals surface area (Å²) in [5.41, 5.74) is -2.37. The maximum absolute atomic E-state index is 12.8. The predicted octanol–water partition coefficient (Wildman–Crippen LogP) is 2.18. The maximum atomic E-state index is 12.8. The van der Waals surface area contributed by atoms with Gasteiger partial charge in [-0.05, 0) is 29.9 Å². The molecule has 0 aromatic carbocycles. The molecule has 10 atom stereocenters. The fourth-order valence-electron chi connectivity index (χ4n) is 8.19. The molecule has 3 fully saturated rings. The SMILES string of the molecule is CC(=O)O[C@H]1[C@@H]2[C@]3(CO3)[C@@H](O)C[C@H](OC(C)=O)[C@@]2(C)[C@@H](OC(C)=O)[C@H](OC(C)=O)C2=C(C)[C@@H](OC(C)=O)C[C@@H]1C2(C)C. The van der Waals surface area contributed by atoms with Gasteiger partial charge in [0.25, 0.3) is 0 Å². The number of rotatable bonds is 5. The number of hydrogen-bond acceptors (Lipinski definition) is 12. The Balaban J connectivity index is 2.14. The monoisotopic (exact) mass is 594 g/mol. The first-order valence-corrected chi connectivity index (χ1v) is 14.3. The highest BCUT2D eigenvalue weighted by molar-refractivity contribution is 5.69. The number of aliphatic hydroxyl groups excluding tert-OH is 1. The van der Waals surface area contributed by atoms with Gasteiger partial charge in [-0.1, -0.05) is 20.8 Å². The van der Waals surface area contributed by atoms with Crippen LogP contribution < -0.4 is 0 Å². The average molecular weight is 595 g/mol. The Morgan fingerprint density at radius 1 is 0.786 bits per heavy atom. The summed E-state index contributed by atoms with van der Waals surface area (Å²) in [6.45, 7) is 13.6. The summed E-state index contributed by atoms with van der Waals surface area (Å²) in [4.78, 5) is 62.9. The van der Waals surface area contributed by atoms with E-state index in [1.165, 1.54) is 34.6 Å². The number of carbonyl (C=O) groups excluding carboxylic acids is 5. The van der Waals surface area contributed by atoms with Crippen LogP contribution in [0.2, 0.25) is 0 Å². The third-order valence-electron chi connectivity index (χ3n) is 9.77. The number of hydrogen-bond donors (Lipinski definition) is 1. The van der Waals surface area contributed by atoms with E-state index in [2.05, 4.69) is 0 Å². The number of epoxide rings is 1. The molecule has 0 aromatic rings. The average Bonchev–Trinajstić information content (AvgIpc) is 3.61. The van der Waals surface area contributed by atoms with Crippen LogP contribution in [0.15, 0.2) is 11.1 Å². The van der Waals surface area contributed by atoms with Crippen LogP contribution in [0.25, 0.3) is 0 Å². The van der Waals surface area contributed by atoms with Gasteiger partial charge >= 0.3 is 29.8 Å². The van der Waals surface area contributed by atoms with Gasteiger partial charge in [0.05, 0.1) is 18.1 Å². The van der Waals surface area contributed by atoms with Crippen molar-refractivity contribution >= 4 is 29.8 Å². The van der Waals surface area contributed by atoms with Crippen molar-refractivity contribution in [3.05, 3.63) is 11.1 Å². The summed E-state index contributed by atoms with van der Waals surface area (Å²) in [7, 11) is 0. The molecule has 2 saturated carbocycles. The third kappa shape index (κ3) is 5.21. The molecular weight excluding hydrogens is 552 g/mol. The molecule has 1 aliphatic heterocycles. The van der Waals surface area contributed by atoms with Gasteiger partial charge in [-0.15, -0.1) is 0 Å². The Hall–Kier alpha value is -2.99. The van der Waals surface area contributed by atoms with Crippen LogP contribution in [-0.2, 0) is 52.4 Å². The van der Waals surface area contributed by atoms with Crippen LogP contribution >= 0.6 is 0 Å². The Morgan fingerprint density at radius 3 is 1.79 bits per heavy atom. The topological polar surface area (TPSA) is 164 Å². The van der Waals surface area contributed by atoms with Crippen molar-refractivity contribution in [2.45, 2.75) is 117 Å². The lowest BCUT2D eigenvalue weighted by Gasteiger charge is -2.62. The van der Waals surface area contributed by atoms with Gasteiger partial charge in [0.15, 0.2) is 12.2 Å². The molecule has 1 N–H and O–H groups in total. The third-order valence-corrected chi connectivity index (χ3v) is 9.77. The number of esters is 5. The Labute approximate surface area is 245 Å². The fraction of sp³-hybridized carbons (Fsp3) is 0.767. The second-order valence-electron chi connectivity index (χ2n) is 12.8. The lowest BCUT2D eigenvalue weighted by atomic mass is 9.47. The van der Waals surface area contributed by atoms with Crippen molar-refractivity contribution < 1.29 is 57.5 Å². The zero-order chi connectivity index (χ0) is 31.5. The number of ether oxygens (including phenoxy) is 6. The molecule has 1 heterocycles. The van der Waals surface area contributed by atoms with Crippen molar-refractivity contribution in [3.63, 3.8) is 0 Å². The van der Waals surface area contributed by atoms with Crippen LogP contribution in [0.5, 0.6) is 0 Å². The molecule has 4 aliphatic rings. The van der Waals surface area contributed by atoms with Gasteiger partial charge in [-0.2, -0.15) is 0 Å². The van der Waals surface area contributed by atoms with Crippen LogP contribution in [0.3, 0.4) is 0 Å². The number of carbonyl (C=O) groups is 5. The molecule has 1 spiro atoms. The van der Waals surface area contributed by atoms with E-state index in [1.54, 1.807) is 13.8 Å². The quantitative estimate of drug-likeness (QED) is 0.214. The highest BCUT2D eigenvalue weighted by Crippen LogP contribution is 2.65. The van der Waals surface area contributed by atoms with Gasteiger partial charge in [0.2, 0.25) is 0 Å². The zero-order valence-corrected chi connectivity index (χ0v) is 25.7. The minimum atomic E-state index is -1.40. The van der Waals surface area contributed by atoms with E-state index in [0.29, 0.717) is 11.1 Å². The van der Waals surface area contributed by atoms with Crippen LogP contribution in [0.4, 0.5) is 0 Å². The molecule has 42 heavy (non-hydrogen) atoms. The van der Waals surface area contributed by atoms with E-state index in [-0.39, 0.29) is 19.4 Å². The van der Waals surface area contributed by atoms with E-state index in [0.717, 1.165) is 0 Å². The molecule has 0 radical (unpaired) electrons. The molecule has 4 rings (SSSR count). The van der Waals surface area contributed by atoms with Crippen molar-refractivity contribution in [1.29, 1.82) is 0 Å². The summed E-state index contributed by atoms with van der Waals surface area (Å²) < 4.78 is 35.8. The van der Waals surface area contributed by atoms with Gasteiger partial charge in [-0.3, -0.25) is 24.0 Å². The Bertz CT molecular complexity index is 1200. The van der Waals surface area contributed by atoms with E-state index in [1.807, 2.05) is 13.8 Å². The smallest absolute Gasteiger partial charge is 0.303 e. The lowest BCUT2D eigenvalue weighted by Crippen LogP contribution is -2.72. The van der Waals surface area contributed by atoms with Gasteiger partial charge < -0.3 is 33.5 Å². The first-order valence-electron chi connectivity index (χ1n) is 14.3. The van der Waals surface area contributed by atoms with E-state index < -0.39 is 94.7 Å². The molecule has 0 unspecified atom stereocenters. The first-order chi connectivity index (χ1) is 19.4. The Morgan fingerprint density at radius 2 is 1.31 bits per heavy atom. The van der Waals surface area contributed by atoms with Crippen molar-refractivity contribution in [2.75, 3.05) is 6.61 Å². The van der Waals surface area contributed by atoms with E-state index in [4.69, 9.17) is 28.4 Å². The molecule has 2 bridgehead atoms. The molecule has 12 nitrogen and oxygen atoms in total. The molecular formula is C30H42O12. The van der Waals surface area contributed by atoms with Gasteiger partial charge in [0.1, 0.15) is 23.9 Å². The highest BCUT2D eigenvalue weighted by atomic mass is 16.6. The zero-order valence-electron chi connectivity index (χ0n) is 25.7. The molecule has 3 aliphatic carbocycles. The van der Waals surface area contributed by atoms with Crippen LogP contribution in [0.1, 0.15) is 75.2 Å². The second kappa shape index (κ2) is 10.9. The summed E-state index contributed by atoms with van der Waals surface area (Å²) >= 11 is 0. The van der Waals surface area contributed by atoms with Gasteiger partial charge in [0, 0.05) is 52.9 Å². The summed E-state index contributed by atoms with van der Waals surface area (Å²) in [5.74, 6) is -4.60. The summed E-state index contributed by atoms with van der Waals surface area (Å²) in [6, 6.07) is 0. The predicted molar refractivity (Wildman–Crippen MR) is 143 cm³/mol. The molecule has 234 valence electrons. The second-order valence-corrected chi connectivity index (χ2v) is 12.8. The summed E-state index contributed by atoms with van der Waals surface area (Å²) in [6.07, 6.45) is -6.28. The normalized spacial score (nSPS) is 40.0. The number of fused-ring (bicyclic) bond motifs is 4. The van der Waals surface area contributed by atoms with Crippen LogP contribution in [-0.4, -0.2) is 83.8 Å². The number of aliphatic hydroxyl groups is 1. The fourth-order valence-corrected chi connectivity index (χ4v) is 8.19. The van der Waals surface area contributed by atoms with Crippen molar-refractivity contribution in [2.24, 2.45) is 22.7 Å². The largest absolute Gasteiger partial charge is 0.462 e. The molecule has 1 saturated heterocycles. The van der Waals surface area contributed by atoms with Crippen molar-refractivity contribution in [3.8, 4) is 0 Å². The minimum Gasteiger partial charge on any atom is -0.462 e. The molecule has 0 aromatic heterocycles. The lowest BCUT2D eigenvalue weighted by molar-refractivity contribution is -0.256. The molecule has 12 heteroatoms. The van der Waals surface area contributed by atoms with Crippen molar-refractivity contribution in [1.82, 2.24) is 0 Å². The van der Waals surface area contributed by atoms with E-state index >= 15 is 0 Å². The first kappa shape index (κ1) is 31.9. The maximum Gasteiger partial charge on any atom is 0.303 e. The van der Waals surface area contributed by atoms with E-state index in [9.17, 15) is 29.1 Å². The Kier molecular flexibility index (Phi) is 8.31. The standard InChI is InChI=1S/C30H42O12/c1-13-20(38-14(2)31)10-19-24(40-16(4)33)26-29(9,22(39-15(3)32)11-21(36)30(26)12-37-30)27(42-18(6)35)25(41-17(5)34)23(13)28(19,7)8/h19-22,24-27,36H,10-12H2,1-9H3/t19-,20-,21-,22-,24+,25+,26-,27-,29+,30-/m0/s1. The summed E-state index contributed by atoms with van der Waals surface area (Å²) in [5, 5.41) is 11.5. The van der Waals surface area contributed by atoms with Crippen LogP contribution in [0, 0.1) is 22.7 Å². The minimum absolute atomic E-state index is 0.0634.